The molecular weight excluding hydrogens is 218 g/mol. The predicted octanol–water partition coefficient (Wildman–Crippen LogP) is 4.76. The molecule has 0 aliphatic heterocycles. The highest BCUT2D eigenvalue weighted by Gasteiger charge is 2.40. The van der Waals surface area contributed by atoms with Crippen LogP contribution < -0.4 is 5.32 Å². The van der Waals surface area contributed by atoms with Gasteiger partial charge in [-0.3, -0.25) is 0 Å². The highest BCUT2D eigenvalue weighted by atomic mass is 14.9. The Kier molecular flexibility index (Phi) is 6.54. The molecule has 1 nitrogen and oxygen atoms in total. The van der Waals surface area contributed by atoms with Crippen molar-refractivity contribution in [1.82, 2.24) is 5.32 Å². The first-order valence-electron chi connectivity index (χ1n) is 8.62. The number of hydrogen-bond donors (Lipinski definition) is 1. The van der Waals surface area contributed by atoms with Crippen molar-refractivity contribution in [3.05, 3.63) is 0 Å². The maximum Gasteiger partial charge on any atom is -0.00152 e. The summed E-state index contributed by atoms with van der Waals surface area (Å²) in [5.74, 6) is 3.27. The fraction of sp³-hybridized carbons (Fsp3) is 1.00. The van der Waals surface area contributed by atoms with Gasteiger partial charge in [-0.1, -0.05) is 45.4 Å². The number of nitrogens with one attached hydrogen (secondary N) is 1. The Morgan fingerprint density at radius 1 is 0.833 bits per heavy atom. The molecule has 1 N–H and O–H groups in total. The van der Waals surface area contributed by atoms with Gasteiger partial charge >= 0.3 is 0 Å². The molecule has 0 spiro atoms. The van der Waals surface area contributed by atoms with E-state index in [1.807, 2.05) is 0 Å². The summed E-state index contributed by atoms with van der Waals surface area (Å²) in [4.78, 5) is 0. The maximum atomic E-state index is 3.73. The zero-order valence-corrected chi connectivity index (χ0v) is 12.4. The minimum absolute atomic E-state index is 1.05. The minimum Gasteiger partial charge on any atom is -0.316 e. The molecule has 0 atom stereocenters. The van der Waals surface area contributed by atoms with Gasteiger partial charge in [-0.15, -0.1) is 0 Å². The summed E-state index contributed by atoms with van der Waals surface area (Å²) in [5.41, 5.74) is 0. The zero-order chi connectivity index (χ0) is 12.6. The van der Waals surface area contributed by atoms with Crippen molar-refractivity contribution in [3.8, 4) is 0 Å². The lowest BCUT2D eigenvalue weighted by Crippen LogP contribution is -2.26. The average Bonchev–Trinajstić information content (AvgIpc) is 3.25. The van der Waals surface area contributed by atoms with E-state index in [0.29, 0.717) is 0 Å². The van der Waals surface area contributed by atoms with E-state index in [0.717, 1.165) is 17.8 Å². The van der Waals surface area contributed by atoms with Crippen molar-refractivity contribution in [3.63, 3.8) is 0 Å². The van der Waals surface area contributed by atoms with E-state index >= 15 is 0 Å². The number of hydrogen-bond acceptors (Lipinski definition) is 1. The minimum atomic E-state index is 1.05. The van der Waals surface area contributed by atoms with Gasteiger partial charge in [0.25, 0.3) is 0 Å². The summed E-state index contributed by atoms with van der Waals surface area (Å²) in [5, 5.41) is 3.73. The second-order valence-corrected chi connectivity index (χ2v) is 6.66. The summed E-state index contributed by atoms with van der Waals surface area (Å²) in [6, 6.07) is 0. The molecule has 0 heterocycles. The molecule has 106 valence electrons. The van der Waals surface area contributed by atoms with E-state index in [1.165, 1.54) is 83.7 Å². The molecule has 0 unspecified atom stereocenters. The quantitative estimate of drug-likeness (QED) is 0.493. The van der Waals surface area contributed by atoms with Crippen molar-refractivity contribution < 1.29 is 0 Å². The molecule has 18 heavy (non-hydrogen) atoms. The Morgan fingerprint density at radius 3 is 1.94 bits per heavy atom. The van der Waals surface area contributed by atoms with Crippen molar-refractivity contribution in [2.45, 2.75) is 77.6 Å². The third-order valence-corrected chi connectivity index (χ3v) is 4.79. The summed E-state index contributed by atoms with van der Waals surface area (Å²) < 4.78 is 0. The highest BCUT2D eigenvalue weighted by molar-refractivity contribution is 4.92. The SMILES string of the molecule is CCCCCCCCCNCC(C1CC1)C1CC1. The van der Waals surface area contributed by atoms with Crippen LogP contribution in [0.5, 0.6) is 0 Å². The molecular formula is C17H33N. The summed E-state index contributed by atoms with van der Waals surface area (Å²) in [6.45, 7) is 4.88. The van der Waals surface area contributed by atoms with Gasteiger partial charge < -0.3 is 5.32 Å². The van der Waals surface area contributed by atoms with Crippen LogP contribution in [0.3, 0.4) is 0 Å². The Bertz CT molecular complexity index is 194. The average molecular weight is 251 g/mol. The fourth-order valence-corrected chi connectivity index (χ4v) is 3.24. The summed E-state index contributed by atoms with van der Waals surface area (Å²) in [6.07, 6.45) is 16.1. The van der Waals surface area contributed by atoms with Gasteiger partial charge in [0, 0.05) is 0 Å². The lowest BCUT2D eigenvalue weighted by molar-refractivity contribution is 0.377. The van der Waals surface area contributed by atoms with Gasteiger partial charge in [-0.2, -0.15) is 0 Å². The van der Waals surface area contributed by atoms with E-state index in [9.17, 15) is 0 Å². The second kappa shape index (κ2) is 8.19. The molecule has 0 radical (unpaired) electrons. The highest BCUT2D eigenvalue weighted by Crippen LogP contribution is 2.48. The maximum absolute atomic E-state index is 3.73. The van der Waals surface area contributed by atoms with Gasteiger partial charge in [0.15, 0.2) is 0 Å². The molecule has 0 amide bonds. The first-order valence-corrected chi connectivity index (χ1v) is 8.62. The monoisotopic (exact) mass is 251 g/mol. The van der Waals surface area contributed by atoms with Crippen molar-refractivity contribution in [2.75, 3.05) is 13.1 Å². The Balaban J connectivity index is 1.37. The molecule has 0 aromatic rings. The van der Waals surface area contributed by atoms with Crippen LogP contribution in [-0.2, 0) is 0 Å². The van der Waals surface area contributed by atoms with Crippen molar-refractivity contribution >= 4 is 0 Å². The molecule has 0 aromatic heterocycles. The van der Waals surface area contributed by atoms with Crippen LogP contribution >= 0.6 is 0 Å². The Hall–Kier alpha value is -0.0400. The lowest BCUT2D eigenvalue weighted by atomic mass is 9.98. The van der Waals surface area contributed by atoms with Crippen LogP contribution in [0.1, 0.15) is 77.6 Å². The van der Waals surface area contributed by atoms with Gasteiger partial charge in [0.2, 0.25) is 0 Å². The fourth-order valence-electron chi connectivity index (χ4n) is 3.24. The predicted molar refractivity (Wildman–Crippen MR) is 79.8 cm³/mol. The van der Waals surface area contributed by atoms with Crippen molar-refractivity contribution in [1.29, 1.82) is 0 Å². The molecule has 2 saturated carbocycles. The largest absolute Gasteiger partial charge is 0.316 e. The molecule has 0 aromatic carbocycles. The van der Waals surface area contributed by atoms with E-state index in [4.69, 9.17) is 0 Å². The smallest absolute Gasteiger partial charge is 0.00152 e. The van der Waals surface area contributed by atoms with E-state index in [1.54, 1.807) is 0 Å². The van der Waals surface area contributed by atoms with E-state index in [2.05, 4.69) is 12.2 Å². The van der Waals surface area contributed by atoms with Gasteiger partial charge in [0.05, 0.1) is 0 Å². The van der Waals surface area contributed by atoms with Crippen LogP contribution in [0.2, 0.25) is 0 Å². The topological polar surface area (TPSA) is 12.0 Å². The second-order valence-electron chi connectivity index (χ2n) is 6.66. The number of rotatable bonds is 12. The summed E-state index contributed by atoms with van der Waals surface area (Å²) >= 11 is 0. The van der Waals surface area contributed by atoms with Gasteiger partial charge in [-0.05, 0) is 62.9 Å². The zero-order valence-electron chi connectivity index (χ0n) is 12.4. The molecule has 2 rings (SSSR count). The first-order chi connectivity index (χ1) is 8.92. The van der Waals surface area contributed by atoms with Crippen LogP contribution in [0.25, 0.3) is 0 Å². The van der Waals surface area contributed by atoms with Gasteiger partial charge in [-0.25, -0.2) is 0 Å². The summed E-state index contributed by atoms with van der Waals surface area (Å²) in [7, 11) is 0. The first kappa shape index (κ1) is 14.4. The molecule has 0 bridgehead atoms. The van der Waals surface area contributed by atoms with Crippen LogP contribution in [0.15, 0.2) is 0 Å². The van der Waals surface area contributed by atoms with Crippen LogP contribution in [0.4, 0.5) is 0 Å². The van der Waals surface area contributed by atoms with E-state index in [-0.39, 0.29) is 0 Å². The van der Waals surface area contributed by atoms with Crippen molar-refractivity contribution in [2.24, 2.45) is 17.8 Å². The normalized spacial score (nSPS) is 19.7. The van der Waals surface area contributed by atoms with Crippen LogP contribution in [0, 0.1) is 17.8 Å². The lowest BCUT2D eigenvalue weighted by Gasteiger charge is -2.16. The number of unbranched alkanes of at least 4 members (excludes halogenated alkanes) is 6. The Morgan fingerprint density at radius 2 is 1.39 bits per heavy atom. The third kappa shape index (κ3) is 5.73. The molecule has 2 aliphatic rings. The third-order valence-electron chi connectivity index (χ3n) is 4.79. The molecule has 1 heteroatoms. The molecule has 0 saturated heterocycles. The van der Waals surface area contributed by atoms with Crippen LogP contribution in [-0.4, -0.2) is 13.1 Å². The standard InChI is InChI=1S/C17H33N/c1-2-3-4-5-6-7-8-13-18-14-17(15-9-10-15)16-11-12-16/h15-18H,2-14H2,1H3. The molecule has 2 fully saturated rings. The van der Waals surface area contributed by atoms with E-state index < -0.39 is 0 Å². The molecule has 2 aliphatic carbocycles. The van der Waals surface area contributed by atoms with Gasteiger partial charge in [0.1, 0.15) is 0 Å². The Labute approximate surface area is 114 Å².